The number of halogens is 3. The van der Waals surface area contributed by atoms with Gasteiger partial charge in [0.15, 0.2) is 6.61 Å². The van der Waals surface area contributed by atoms with Crippen LogP contribution in [0.15, 0.2) is 60.8 Å². The third-order valence-electron chi connectivity index (χ3n) is 4.17. The van der Waals surface area contributed by atoms with Crippen LogP contribution in [0, 0.1) is 11.6 Å². The van der Waals surface area contributed by atoms with E-state index in [0.717, 1.165) is 6.07 Å². The SMILES string of the molecule is C=C(CCNC(=O)c1ccc2cc(F)ccc2n1)NC(=O)COc1ccc(Cl)c(F)c1. The molecule has 0 saturated carbocycles. The minimum Gasteiger partial charge on any atom is -0.484 e. The van der Waals surface area contributed by atoms with Gasteiger partial charge in [0.25, 0.3) is 11.8 Å². The maximum Gasteiger partial charge on any atom is 0.269 e. The Balaban J connectivity index is 1.42. The molecule has 0 saturated heterocycles. The van der Waals surface area contributed by atoms with Crippen LogP contribution in [-0.4, -0.2) is 29.9 Å². The summed E-state index contributed by atoms with van der Waals surface area (Å²) in [5, 5.41) is 5.77. The Morgan fingerprint density at radius 2 is 1.90 bits per heavy atom. The molecule has 2 N–H and O–H groups in total. The molecule has 0 bridgehead atoms. The molecule has 0 unspecified atom stereocenters. The molecule has 31 heavy (non-hydrogen) atoms. The maximum absolute atomic E-state index is 13.4. The summed E-state index contributed by atoms with van der Waals surface area (Å²) in [6.45, 7) is 3.60. The van der Waals surface area contributed by atoms with E-state index in [1.165, 1.54) is 36.4 Å². The van der Waals surface area contributed by atoms with E-state index in [2.05, 4.69) is 22.2 Å². The Morgan fingerprint density at radius 1 is 1.10 bits per heavy atom. The number of rotatable bonds is 8. The molecule has 0 spiro atoms. The zero-order chi connectivity index (χ0) is 22.4. The first-order valence-electron chi connectivity index (χ1n) is 9.22. The molecule has 1 heterocycles. The fourth-order valence-corrected chi connectivity index (χ4v) is 2.77. The van der Waals surface area contributed by atoms with E-state index in [-0.39, 0.29) is 41.9 Å². The van der Waals surface area contributed by atoms with Crippen molar-refractivity contribution in [1.29, 1.82) is 0 Å². The van der Waals surface area contributed by atoms with Crippen molar-refractivity contribution >= 4 is 34.3 Å². The summed E-state index contributed by atoms with van der Waals surface area (Å²) in [6, 6.07) is 11.1. The van der Waals surface area contributed by atoms with Gasteiger partial charge < -0.3 is 15.4 Å². The van der Waals surface area contributed by atoms with Gasteiger partial charge in [0.2, 0.25) is 0 Å². The molecule has 0 aliphatic carbocycles. The average Bonchev–Trinajstić information content (AvgIpc) is 2.74. The first kappa shape index (κ1) is 22.2. The van der Waals surface area contributed by atoms with Crippen LogP contribution in [0.2, 0.25) is 5.02 Å². The number of hydrogen-bond acceptors (Lipinski definition) is 4. The molecule has 9 heteroatoms. The summed E-state index contributed by atoms with van der Waals surface area (Å²) in [6.07, 6.45) is 0.284. The largest absolute Gasteiger partial charge is 0.484 e. The Bertz CT molecular complexity index is 1150. The number of aromatic nitrogens is 1. The van der Waals surface area contributed by atoms with Gasteiger partial charge in [0.05, 0.1) is 10.5 Å². The molecule has 0 radical (unpaired) electrons. The lowest BCUT2D eigenvalue weighted by Gasteiger charge is -2.11. The Kier molecular flexibility index (Phi) is 7.15. The van der Waals surface area contributed by atoms with Crippen LogP contribution in [0.3, 0.4) is 0 Å². The van der Waals surface area contributed by atoms with Crippen molar-refractivity contribution < 1.29 is 23.1 Å². The maximum atomic E-state index is 13.4. The van der Waals surface area contributed by atoms with Crippen LogP contribution < -0.4 is 15.4 Å². The fraction of sp³-hybridized carbons (Fsp3) is 0.136. The number of carbonyl (C=O) groups excluding carboxylic acids is 2. The zero-order valence-corrected chi connectivity index (χ0v) is 17.0. The third kappa shape index (κ3) is 6.23. The van der Waals surface area contributed by atoms with Gasteiger partial charge >= 0.3 is 0 Å². The van der Waals surface area contributed by atoms with Crippen molar-refractivity contribution in [2.45, 2.75) is 6.42 Å². The number of fused-ring (bicyclic) bond motifs is 1. The lowest BCUT2D eigenvalue weighted by molar-refractivity contribution is -0.122. The van der Waals surface area contributed by atoms with E-state index in [1.54, 1.807) is 6.07 Å². The molecule has 0 aliphatic rings. The zero-order valence-electron chi connectivity index (χ0n) is 16.3. The molecular formula is C22H18ClF2N3O3. The van der Waals surface area contributed by atoms with Gasteiger partial charge in [-0.1, -0.05) is 24.2 Å². The van der Waals surface area contributed by atoms with Crippen molar-refractivity contribution in [2.75, 3.05) is 13.2 Å². The second-order valence-electron chi connectivity index (χ2n) is 6.56. The topological polar surface area (TPSA) is 80.3 Å². The van der Waals surface area contributed by atoms with Gasteiger partial charge in [-0.05, 0) is 36.4 Å². The van der Waals surface area contributed by atoms with Crippen molar-refractivity contribution in [2.24, 2.45) is 0 Å². The van der Waals surface area contributed by atoms with Gasteiger partial charge in [-0.3, -0.25) is 9.59 Å². The summed E-state index contributed by atoms with van der Waals surface area (Å²) >= 11 is 5.58. The molecule has 0 aliphatic heterocycles. The van der Waals surface area contributed by atoms with Gasteiger partial charge in [0, 0.05) is 30.1 Å². The first-order chi connectivity index (χ1) is 14.8. The molecule has 6 nitrogen and oxygen atoms in total. The highest BCUT2D eigenvalue weighted by molar-refractivity contribution is 6.30. The molecule has 3 aromatic rings. The molecule has 1 aromatic heterocycles. The molecule has 2 amide bonds. The molecule has 0 fully saturated rings. The van der Waals surface area contributed by atoms with E-state index >= 15 is 0 Å². The number of nitrogens with zero attached hydrogens (tertiary/aromatic N) is 1. The first-order valence-corrected chi connectivity index (χ1v) is 9.59. The molecule has 160 valence electrons. The molecule has 2 aromatic carbocycles. The van der Waals surface area contributed by atoms with Crippen LogP contribution in [-0.2, 0) is 4.79 Å². The van der Waals surface area contributed by atoms with Gasteiger partial charge in [0.1, 0.15) is 23.1 Å². The fourth-order valence-electron chi connectivity index (χ4n) is 2.65. The number of hydrogen-bond donors (Lipinski definition) is 2. The quantitative estimate of drug-likeness (QED) is 0.549. The highest BCUT2D eigenvalue weighted by Crippen LogP contribution is 2.20. The lowest BCUT2D eigenvalue weighted by Crippen LogP contribution is -2.31. The number of benzene rings is 2. The van der Waals surface area contributed by atoms with E-state index in [0.29, 0.717) is 16.6 Å². The minimum atomic E-state index is -0.646. The smallest absolute Gasteiger partial charge is 0.269 e. The van der Waals surface area contributed by atoms with Crippen LogP contribution in [0.1, 0.15) is 16.9 Å². The summed E-state index contributed by atoms with van der Waals surface area (Å²) < 4.78 is 31.8. The van der Waals surface area contributed by atoms with Gasteiger partial charge in [-0.15, -0.1) is 0 Å². The number of carbonyl (C=O) groups is 2. The van der Waals surface area contributed by atoms with Crippen LogP contribution in [0.4, 0.5) is 8.78 Å². The minimum absolute atomic E-state index is 0.0417. The Hall–Kier alpha value is -3.52. The van der Waals surface area contributed by atoms with Crippen molar-refractivity contribution in [3.05, 3.63) is 83.2 Å². The van der Waals surface area contributed by atoms with Crippen molar-refractivity contribution in [1.82, 2.24) is 15.6 Å². The summed E-state index contributed by atoms with van der Waals surface area (Å²) in [5.41, 5.74) is 1.07. The Morgan fingerprint density at radius 3 is 2.68 bits per heavy atom. The number of ether oxygens (including phenoxy) is 1. The van der Waals surface area contributed by atoms with E-state index in [9.17, 15) is 18.4 Å². The van der Waals surface area contributed by atoms with E-state index in [4.69, 9.17) is 16.3 Å². The standard InChI is InChI=1S/C22H18ClF2N3O3/c1-13(27-21(29)12-31-16-4-5-17(23)18(25)11-16)8-9-26-22(30)20-6-2-14-10-15(24)3-7-19(14)28-20/h2-7,10-11H,1,8-9,12H2,(H,26,30)(H,27,29). The molecule has 3 rings (SSSR count). The average molecular weight is 446 g/mol. The van der Waals surface area contributed by atoms with Gasteiger partial charge in [-0.2, -0.15) is 0 Å². The van der Waals surface area contributed by atoms with Crippen LogP contribution in [0.5, 0.6) is 5.75 Å². The normalized spacial score (nSPS) is 10.5. The van der Waals surface area contributed by atoms with E-state index < -0.39 is 17.6 Å². The number of amides is 2. The number of nitrogens with one attached hydrogen (secondary N) is 2. The second kappa shape index (κ2) is 9.99. The van der Waals surface area contributed by atoms with Crippen LogP contribution >= 0.6 is 11.6 Å². The number of pyridine rings is 1. The summed E-state index contributed by atoms with van der Waals surface area (Å²) in [7, 11) is 0. The van der Waals surface area contributed by atoms with Gasteiger partial charge in [-0.25, -0.2) is 13.8 Å². The predicted octanol–water partition coefficient (Wildman–Crippen LogP) is 4.00. The molecular weight excluding hydrogens is 428 g/mol. The van der Waals surface area contributed by atoms with Crippen LogP contribution in [0.25, 0.3) is 10.9 Å². The third-order valence-corrected chi connectivity index (χ3v) is 4.48. The highest BCUT2D eigenvalue weighted by Gasteiger charge is 2.10. The van der Waals surface area contributed by atoms with Crippen molar-refractivity contribution in [3.63, 3.8) is 0 Å². The molecule has 0 atom stereocenters. The Labute approximate surface area is 181 Å². The summed E-state index contributed by atoms with van der Waals surface area (Å²) in [5.74, 6) is -1.74. The summed E-state index contributed by atoms with van der Waals surface area (Å²) in [4.78, 5) is 28.4. The van der Waals surface area contributed by atoms with Crippen molar-refractivity contribution in [3.8, 4) is 5.75 Å². The predicted molar refractivity (Wildman–Crippen MR) is 113 cm³/mol. The highest BCUT2D eigenvalue weighted by atomic mass is 35.5. The lowest BCUT2D eigenvalue weighted by atomic mass is 10.2. The van der Waals surface area contributed by atoms with E-state index in [1.807, 2.05) is 0 Å². The monoisotopic (exact) mass is 445 g/mol. The second-order valence-corrected chi connectivity index (χ2v) is 6.96.